The Bertz CT molecular complexity index is 770. The van der Waals surface area contributed by atoms with Crippen LogP contribution in [0.5, 0.6) is 0 Å². The molecule has 1 aromatic carbocycles. The molecule has 0 spiro atoms. The Balaban J connectivity index is 1.42. The van der Waals surface area contributed by atoms with Gasteiger partial charge < -0.3 is 10.6 Å². The molecular formula is C19H23FN4OS. The van der Waals surface area contributed by atoms with Crippen LogP contribution in [0.2, 0.25) is 0 Å². The Morgan fingerprint density at radius 1 is 1.38 bits per heavy atom. The second-order valence-electron chi connectivity index (χ2n) is 6.89. The molecule has 2 N–H and O–H groups in total. The van der Waals surface area contributed by atoms with Crippen LogP contribution in [-0.2, 0) is 17.6 Å². The lowest BCUT2D eigenvalue weighted by atomic mass is 10.0. The van der Waals surface area contributed by atoms with Crippen LogP contribution in [0.4, 0.5) is 9.52 Å². The minimum atomic E-state index is -0.245. The first-order valence-corrected chi connectivity index (χ1v) is 9.99. The number of carbonyl (C=O) groups is 1. The second-order valence-corrected chi connectivity index (χ2v) is 7.97. The molecule has 26 heavy (non-hydrogen) atoms. The van der Waals surface area contributed by atoms with E-state index in [1.165, 1.54) is 23.8 Å². The van der Waals surface area contributed by atoms with Gasteiger partial charge in [-0.1, -0.05) is 12.1 Å². The van der Waals surface area contributed by atoms with Gasteiger partial charge in [-0.05, 0) is 43.4 Å². The van der Waals surface area contributed by atoms with Gasteiger partial charge in [-0.25, -0.2) is 9.37 Å². The topological polar surface area (TPSA) is 57.3 Å². The number of benzene rings is 1. The first kappa shape index (κ1) is 17.6. The third-order valence-corrected chi connectivity index (χ3v) is 6.10. The molecule has 1 aromatic heterocycles. The van der Waals surface area contributed by atoms with E-state index in [0.29, 0.717) is 11.7 Å². The third-order valence-electron chi connectivity index (χ3n) is 5.03. The van der Waals surface area contributed by atoms with Crippen LogP contribution in [0.15, 0.2) is 24.3 Å². The van der Waals surface area contributed by atoms with Crippen LogP contribution in [0.1, 0.15) is 35.0 Å². The maximum absolute atomic E-state index is 13.6. The van der Waals surface area contributed by atoms with Crippen molar-refractivity contribution in [2.24, 2.45) is 0 Å². The Labute approximate surface area is 156 Å². The number of anilines is 1. The Hall–Kier alpha value is -1.83. The summed E-state index contributed by atoms with van der Waals surface area (Å²) in [4.78, 5) is 20.6. The van der Waals surface area contributed by atoms with Crippen molar-refractivity contribution >= 4 is 22.4 Å². The SMILES string of the molecule is O=C(CN1CCNCC1c1cccc(F)c1)Nc1nc2c(s1)CCCC2. The minimum Gasteiger partial charge on any atom is -0.314 e. The van der Waals surface area contributed by atoms with Gasteiger partial charge in [0.05, 0.1) is 12.2 Å². The van der Waals surface area contributed by atoms with E-state index in [1.807, 2.05) is 6.07 Å². The fraction of sp³-hybridized carbons (Fsp3) is 0.474. The standard InChI is InChI=1S/C19H23FN4OS/c20-14-5-3-4-13(10-14)16-11-21-8-9-24(16)12-18(25)23-19-22-15-6-1-2-7-17(15)26-19/h3-5,10,16,21H,1-2,6-9,11-12H2,(H,22,23,25). The summed E-state index contributed by atoms with van der Waals surface area (Å²) in [5.41, 5.74) is 2.05. The predicted octanol–water partition coefficient (Wildman–Crippen LogP) is 2.75. The number of hydrogen-bond donors (Lipinski definition) is 2. The zero-order valence-corrected chi connectivity index (χ0v) is 15.4. The summed E-state index contributed by atoms with van der Waals surface area (Å²) in [5, 5.41) is 7.00. The van der Waals surface area contributed by atoms with Crippen molar-refractivity contribution in [3.8, 4) is 0 Å². The Kier molecular flexibility index (Phi) is 5.28. The lowest BCUT2D eigenvalue weighted by molar-refractivity contribution is -0.118. The third kappa shape index (κ3) is 3.95. The molecule has 1 amide bonds. The van der Waals surface area contributed by atoms with Crippen molar-refractivity contribution in [3.63, 3.8) is 0 Å². The van der Waals surface area contributed by atoms with E-state index in [4.69, 9.17) is 0 Å². The van der Waals surface area contributed by atoms with E-state index in [2.05, 4.69) is 20.5 Å². The van der Waals surface area contributed by atoms with E-state index in [1.54, 1.807) is 23.5 Å². The molecule has 5 nitrogen and oxygen atoms in total. The zero-order valence-electron chi connectivity index (χ0n) is 14.6. The molecule has 0 radical (unpaired) electrons. The quantitative estimate of drug-likeness (QED) is 0.864. The summed E-state index contributed by atoms with van der Waals surface area (Å²) < 4.78 is 13.6. The summed E-state index contributed by atoms with van der Waals surface area (Å²) in [6, 6.07) is 6.63. The molecule has 2 aromatic rings. The zero-order chi connectivity index (χ0) is 17.9. The van der Waals surface area contributed by atoms with Gasteiger partial charge in [0, 0.05) is 30.6 Å². The van der Waals surface area contributed by atoms with Crippen LogP contribution in [0.3, 0.4) is 0 Å². The van der Waals surface area contributed by atoms with Gasteiger partial charge in [-0.3, -0.25) is 9.69 Å². The monoisotopic (exact) mass is 374 g/mol. The smallest absolute Gasteiger partial charge is 0.240 e. The fourth-order valence-corrected chi connectivity index (χ4v) is 4.79. The first-order valence-electron chi connectivity index (χ1n) is 9.18. The number of fused-ring (bicyclic) bond motifs is 1. The van der Waals surface area contributed by atoms with Crippen LogP contribution in [0.25, 0.3) is 0 Å². The number of amides is 1. The highest BCUT2D eigenvalue weighted by molar-refractivity contribution is 7.15. The van der Waals surface area contributed by atoms with Crippen LogP contribution >= 0.6 is 11.3 Å². The van der Waals surface area contributed by atoms with E-state index in [0.717, 1.165) is 37.2 Å². The number of nitrogens with zero attached hydrogens (tertiary/aromatic N) is 2. The number of aryl methyl sites for hydroxylation is 2. The average molecular weight is 374 g/mol. The van der Waals surface area contributed by atoms with Gasteiger partial charge in [-0.15, -0.1) is 11.3 Å². The molecular weight excluding hydrogens is 351 g/mol. The van der Waals surface area contributed by atoms with E-state index in [9.17, 15) is 9.18 Å². The molecule has 1 aliphatic heterocycles. The van der Waals surface area contributed by atoms with E-state index < -0.39 is 0 Å². The average Bonchev–Trinajstić information content (AvgIpc) is 3.04. The van der Waals surface area contributed by atoms with Gasteiger partial charge in [0.2, 0.25) is 5.91 Å². The maximum Gasteiger partial charge on any atom is 0.240 e. The molecule has 1 unspecified atom stereocenters. The number of carbonyl (C=O) groups excluding carboxylic acids is 1. The van der Waals surface area contributed by atoms with Crippen molar-refractivity contribution in [3.05, 3.63) is 46.2 Å². The number of rotatable bonds is 4. The van der Waals surface area contributed by atoms with Gasteiger partial charge in [0.1, 0.15) is 5.82 Å². The van der Waals surface area contributed by atoms with Crippen LogP contribution in [-0.4, -0.2) is 42.0 Å². The van der Waals surface area contributed by atoms with Crippen LogP contribution in [0, 0.1) is 5.82 Å². The number of hydrogen-bond acceptors (Lipinski definition) is 5. The van der Waals surface area contributed by atoms with E-state index >= 15 is 0 Å². The highest BCUT2D eigenvalue weighted by atomic mass is 32.1. The lowest BCUT2D eigenvalue weighted by Crippen LogP contribution is -2.48. The molecule has 2 heterocycles. The van der Waals surface area contributed by atoms with E-state index in [-0.39, 0.29) is 24.3 Å². The summed E-state index contributed by atoms with van der Waals surface area (Å²) in [7, 11) is 0. The van der Waals surface area contributed by atoms with Crippen molar-refractivity contribution < 1.29 is 9.18 Å². The molecule has 2 aliphatic rings. The molecule has 0 bridgehead atoms. The minimum absolute atomic E-state index is 0.00491. The number of aromatic nitrogens is 1. The van der Waals surface area contributed by atoms with Crippen molar-refractivity contribution in [2.45, 2.75) is 31.7 Å². The number of piperazine rings is 1. The second kappa shape index (κ2) is 7.82. The van der Waals surface area contributed by atoms with Crippen LogP contribution < -0.4 is 10.6 Å². The Morgan fingerprint density at radius 3 is 3.12 bits per heavy atom. The van der Waals surface area contributed by atoms with Crippen molar-refractivity contribution in [2.75, 3.05) is 31.5 Å². The van der Waals surface area contributed by atoms with Gasteiger partial charge in [-0.2, -0.15) is 0 Å². The summed E-state index contributed by atoms with van der Waals surface area (Å²) in [5.74, 6) is -0.301. The van der Waals surface area contributed by atoms with Crippen molar-refractivity contribution in [1.29, 1.82) is 0 Å². The predicted molar refractivity (Wildman–Crippen MR) is 101 cm³/mol. The fourth-order valence-electron chi connectivity index (χ4n) is 3.73. The number of nitrogens with one attached hydrogen (secondary N) is 2. The lowest BCUT2D eigenvalue weighted by Gasteiger charge is -2.35. The summed E-state index contributed by atoms with van der Waals surface area (Å²) >= 11 is 1.60. The molecule has 1 fully saturated rings. The molecule has 138 valence electrons. The summed E-state index contributed by atoms with van der Waals surface area (Å²) in [6.07, 6.45) is 4.47. The molecule has 1 aliphatic carbocycles. The molecule has 7 heteroatoms. The Morgan fingerprint density at radius 2 is 2.27 bits per heavy atom. The summed E-state index contributed by atoms with van der Waals surface area (Å²) in [6.45, 7) is 2.57. The largest absolute Gasteiger partial charge is 0.314 e. The van der Waals surface area contributed by atoms with Gasteiger partial charge in [0.25, 0.3) is 0 Å². The molecule has 0 saturated carbocycles. The molecule has 1 atom stereocenters. The number of halogens is 1. The first-order chi connectivity index (χ1) is 12.7. The van der Waals surface area contributed by atoms with Gasteiger partial charge >= 0.3 is 0 Å². The van der Waals surface area contributed by atoms with Gasteiger partial charge in [0.15, 0.2) is 5.13 Å². The maximum atomic E-state index is 13.6. The molecule has 1 saturated heterocycles. The molecule has 4 rings (SSSR count). The number of thiazole rings is 1. The normalized spacial score (nSPS) is 20.6. The highest BCUT2D eigenvalue weighted by Gasteiger charge is 2.26. The highest BCUT2D eigenvalue weighted by Crippen LogP contribution is 2.29. The van der Waals surface area contributed by atoms with Crippen molar-refractivity contribution in [1.82, 2.24) is 15.2 Å².